The molecule has 1 saturated heterocycles. The molecule has 0 radical (unpaired) electrons. The van der Waals surface area contributed by atoms with Crippen LogP contribution in [0.15, 0.2) is 48.6 Å². The number of hydrogen-bond acceptors (Lipinski definition) is 6. The Morgan fingerprint density at radius 3 is 2.69 bits per heavy atom. The molecule has 4 aliphatic rings. The van der Waals surface area contributed by atoms with Gasteiger partial charge in [0.1, 0.15) is 5.75 Å². The van der Waals surface area contributed by atoms with Crippen molar-refractivity contribution in [3.63, 3.8) is 0 Å². The Balaban J connectivity index is 1.16. The summed E-state index contributed by atoms with van der Waals surface area (Å²) in [5.74, 6) is -0.476. The summed E-state index contributed by atoms with van der Waals surface area (Å²) >= 11 is 0. The number of anilines is 1. The average molecular weight is 477 g/mol. The molecule has 2 aliphatic heterocycles. The van der Waals surface area contributed by atoms with Gasteiger partial charge in [-0.1, -0.05) is 19.1 Å². The topological polar surface area (TPSA) is 82.1 Å². The molecule has 2 aromatic carbocycles. The Hall–Kier alpha value is -3.68. The van der Waals surface area contributed by atoms with E-state index in [2.05, 4.69) is 13.0 Å². The SMILES string of the molecule is CC1CC1[C@H]1C=CCC2C(=O)N(c3ccc(OCC(=O)c4ccc5c(c4)OCO5)cc3F)C(=O)C21. The van der Waals surface area contributed by atoms with Crippen LogP contribution in [0.3, 0.4) is 0 Å². The van der Waals surface area contributed by atoms with Crippen molar-refractivity contribution in [1.82, 2.24) is 0 Å². The van der Waals surface area contributed by atoms with Gasteiger partial charge in [0, 0.05) is 11.6 Å². The van der Waals surface area contributed by atoms with Gasteiger partial charge in [0.25, 0.3) is 0 Å². The molecule has 2 heterocycles. The van der Waals surface area contributed by atoms with Crippen LogP contribution in [0, 0.1) is 35.4 Å². The summed E-state index contributed by atoms with van der Waals surface area (Å²) in [5.41, 5.74) is 0.307. The van der Waals surface area contributed by atoms with Gasteiger partial charge >= 0.3 is 0 Å². The van der Waals surface area contributed by atoms with E-state index in [9.17, 15) is 14.4 Å². The summed E-state index contributed by atoms with van der Waals surface area (Å²) in [7, 11) is 0. The van der Waals surface area contributed by atoms with Crippen LogP contribution < -0.4 is 19.1 Å². The van der Waals surface area contributed by atoms with Gasteiger partial charge < -0.3 is 14.2 Å². The van der Waals surface area contributed by atoms with Crippen LogP contribution in [0.1, 0.15) is 30.1 Å². The fourth-order valence-electron chi connectivity index (χ4n) is 5.53. The van der Waals surface area contributed by atoms with Gasteiger partial charge in [0.2, 0.25) is 18.6 Å². The lowest BCUT2D eigenvalue weighted by molar-refractivity contribution is -0.122. The summed E-state index contributed by atoms with van der Waals surface area (Å²) in [6.07, 6.45) is 5.59. The number of imide groups is 1. The highest BCUT2D eigenvalue weighted by Crippen LogP contribution is 2.53. The predicted octanol–water partition coefficient (Wildman–Crippen LogP) is 4.15. The standard InChI is InChI=1S/C27H24FNO6/c1-14-9-19(14)17-3-2-4-18-25(17)27(32)29(26(18)31)21-7-6-16(11-20(21)28)33-12-22(30)15-5-8-23-24(10-15)35-13-34-23/h2-3,5-8,10-11,14,17-19,25H,4,9,12-13H2,1H3/t14?,17-,18?,19?,25?/m1/s1. The molecule has 5 atom stereocenters. The monoisotopic (exact) mass is 477 g/mol. The van der Waals surface area contributed by atoms with Crippen molar-refractivity contribution < 1.29 is 33.0 Å². The molecule has 0 spiro atoms. The number of halogens is 1. The highest BCUT2D eigenvalue weighted by atomic mass is 19.1. The van der Waals surface area contributed by atoms with Crippen LogP contribution in [0.2, 0.25) is 0 Å². The van der Waals surface area contributed by atoms with Crippen molar-refractivity contribution in [1.29, 1.82) is 0 Å². The molecule has 7 nitrogen and oxygen atoms in total. The van der Waals surface area contributed by atoms with Gasteiger partial charge in [-0.05, 0) is 60.9 Å². The Morgan fingerprint density at radius 1 is 1.11 bits per heavy atom. The second kappa shape index (κ2) is 8.22. The van der Waals surface area contributed by atoms with Crippen LogP contribution in [0.25, 0.3) is 0 Å². The van der Waals surface area contributed by atoms with Crippen molar-refractivity contribution in [2.45, 2.75) is 19.8 Å². The van der Waals surface area contributed by atoms with E-state index in [1.165, 1.54) is 12.1 Å². The minimum Gasteiger partial charge on any atom is -0.485 e. The normalized spacial score (nSPS) is 28.3. The van der Waals surface area contributed by atoms with E-state index < -0.39 is 17.7 Å². The van der Waals surface area contributed by atoms with E-state index in [1.54, 1.807) is 18.2 Å². The Bertz CT molecular complexity index is 1270. The molecule has 4 unspecified atom stereocenters. The summed E-state index contributed by atoms with van der Waals surface area (Å²) in [4.78, 5) is 39.9. The first-order valence-electron chi connectivity index (χ1n) is 11.8. The van der Waals surface area contributed by atoms with Crippen molar-refractivity contribution >= 4 is 23.3 Å². The van der Waals surface area contributed by atoms with E-state index in [-0.39, 0.29) is 48.4 Å². The maximum atomic E-state index is 15.1. The number of ketones is 1. The smallest absolute Gasteiger partial charge is 0.238 e. The highest BCUT2D eigenvalue weighted by molar-refractivity contribution is 6.22. The molecule has 180 valence electrons. The molecule has 2 amide bonds. The maximum absolute atomic E-state index is 15.1. The fraction of sp³-hybridized carbons (Fsp3) is 0.370. The Labute approximate surface area is 201 Å². The van der Waals surface area contributed by atoms with Gasteiger partial charge in [0.05, 0.1) is 17.5 Å². The van der Waals surface area contributed by atoms with Crippen molar-refractivity contribution in [3.05, 3.63) is 59.9 Å². The highest BCUT2D eigenvalue weighted by Gasteiger charge is 2.56. The summed E-state index contributed by atoms with van der Waals surface area (Å²) < 4.78 is 31.1. The minimum absolute atomic E-state index is 0.0260. The molecular formula is C27H24FNO6. The summed E-state index contributed by atoms with van der Waals surface area (Å²) in [6.45, 7) is 1.95. The fourth-order valence-corrected chi connectivity index (χ4v) is 5.53. The number of carbonyl (C=O) groups excluding carboxylic acids is 3. The predicted molar refractivity (Wildman–Crippen MR) is 123 cm³/mol. The van der Waals surface area contributed by atoms with E-state index in [0.717, 1.165) is 17.4 Å². The van der Waals surface area contributed by atoms with Crippen LogP contribution in [-0.4, -0.2) is 31.0 Å². The zero-order valence-corrected chi connectivity index (χ0v) is 19.1. The number of amides is 2. The minimum atomic E-state index is -0.748. The molecule has 0 bridgehead atoms. The summed E-state index contributed by atoms with van der Waals surface area (Å²) in [6, 6.07) is 8.76. The molecule has 2 aliphatic carbocycles. The van der Waals surface area contributed by atoms with Crippen LogP contribution in [-0.2, 0) is 9.59 Å². The second-order valence-electron chi connectivity index (χ2n) is 9.66. The lowest BCUT2D eigenvalue weighted by Crippen LogP contribution is -2.33. The van der Waals surface area contributed by atoms with E-state index >= 15 is 4.39 Å². The molecule has 2 aromatic rings. The zero-order chi connectivity index (χ0) is 24.3. The second-order valence-corrected chi connectivity index (χ2v) is 9.66. The number of nitrogens with zero attached hydrogens (tertiary/aromatic N) is 1. The lowest BCUT2D eigenvalue weighted by atomic mass is 9.75. The number of Topliss-reactive ketones (excluding diaryl/α,β-unsaturated/α-hetero) is 1. The van der Waals surface area contributed by atoms with Crippen molar-refractivity contribution in [2.75, 3.05) is 18.3 Å². The number of fused-ring (bicyclic) bond motifs is 2. The molecule has 1 saturated carbocycles. The molecule has 35 heavy (non-hydrogen) atoms. The quantitative estimate of drug-likeness (QED) is 0.353. The number of allylic oxidation sites excluding steroid dienone is 2. The molecule has 0 aromatic heterocycles. The first kappa shape index (κ1) is 21.8. The van der Waals surface area contributed by atoms with Gasteiger partial charge in [-0.15, -0.1) is 0 Å². The van der Waals surface area contributed by atoms with Gasteiger partial charge in [-0.25, -0.2) is 9.29 Å². The van der Waals surface area contributed by atoms with E-state index in [1.807, 2.05) is 6.08 Å². The first-order chi connectivity index (χ1) is 16.9. The van der Waals surface area contributed by atoms with Crippen LogP contribution >= 0.6 is 0 Å². The molecule has 2 fully saturated rings. The van der Waals surface area contributed by atoms with E-state index in [0.29, 0.717) is 35.3 Å². The third-order valence-electron chi connectivity index (χ3n) is 7.53. The van der Waals surface area contributed by atoms with Gasteiger partial charge in [0.15, 0.2) is 29.7 Å². The third-order valence-corrected chi connectivity index (χ3v) is 7.53. The molecule has 6 rings (SSSR count). The van der Waals surface area contributed by atoms with Crippen LogP contribution in [0.4, 0.5) is 10.1 Å². The number of hydrogen-bond donors (Lipinski definition) is 0. The molecule has 0 N–H and O–H groups in total. The van der Waals surface area contributed by atoms with Gasteiger partial charge in [-0.3, -0.25) is 14.4 Å². The number of benzene rings is 2. The van der Waals surface area contributed by atoms with Gasteiger partial charge in [-0.2, -0.15) is 0 Å². The van der Waals surface area contributed by atoms with E-state index in [4.69, 9.17) is 14.2 Å². The third kappa shape index (κ3) is 3.68. The Morgan fingerprint density at radius 2 is 1.91 bits per heavy atom. The van der Waals surface area contributed by atoms with Crippen molar-refractivity contribution in [3.8, 4) is 17.2 Å². The average Bonchev–Trinajstić information content (AvgIpc) is 3.29. The number of carbonyl (C=O) groups is 3. The lowest BCUT2D eigenvalue weighted by Gasteiger charge is -2.26. The Kier molecular flexibility index (Phi) is 5.12. The zero-order valence-electron chi connectivity index (χ0n) is 19.1. The maximum Gasteiger partial charge on any atom is 0.238 e. The van der Waals surface area contributed by atoms with Crippen LogP contribution in [0.5, 0.6) is 17.2 Å². The molecule has 8 heteroatoms. The first-order valence-corrected chi connectivity index (χ1v) is 11.8. The number of rotatable bonds is 6. The summed E-state index contributed by atoms with van der Waals surface area (Å²) in [5, 5.41) is 0. The van der Waals surface area contributed by atoms with Crippen molar-refractivity contribution in [2.24, 2.45) is 29.6 Å². The number of ether oxygens (including phenoxy) is 3. The molecular weight excluding hydrogens is 453 g/mol. The largest absolute Gasteiger partial charge is 0.485 e.